The molecule has 5 heteroatoms. The molecule has 0 aromatic heterocycles. The second-order valence-corrected chi connectivity index (χ2v) is 8.64. The zero-order chi connectivity index (χ0) is 15.0. The highest BCUT2D eigenvalue weighted by atomic mass is 32.2. The molecule has 0 radical (unpaired) electrons. The van der Waals surface area contributed by atoms with Crippen LogP contribution in [-0.4, -0.2) is 33.1 Å². The topological polar surface area (TPSA) is 55.4 Å². The molecule has 1 saturated heterocycles. The summed E-state index contributed by atoms with van der Waals surface area (Å²) in [5.41, 5.74) is 2.12. The Morgan fingerprint density at radius 2 is 2.00 bits per heavy atom. The van der Waals surface area contributed by atoms with Gasteiger partial charge < -0.3 is 10.1 Å². The molecule has 112 valence electrons. The Balaban J connectivity index is 2.25. The highest BCUT2D eigenvalue weighted by Gasteiger charge is 2.28. The minimum absolute atomic E-state index is 0.0240. The van der Waals surface area contributed by atoms with Crippen LogP contribution in [0.25, 0.3) is 0 Å². The molecule has 1 unspecified atom stereocenters. The second-order valence-electron chi connectivity index (χ2n) is 6.41. The van der Waals surface area contributed by atoms with Gasteiger partial charge in [0.05, 0.1) is 24.3 Å². The molecule has 0 aliphatic carbocycles. The number of hydrogen-bond acceptors (Lipinski definition) is 4. The maximum atomic E-state index is 11.5. The van der Waals surface area contributed by atoms with E-state index in [0.29, 0.717) is 6.42 Å². The molecule has 1 atom stereocenters. The van der Waals surface area contributed by atoms with E-state index in [-0.39, 0.29) is 23.0 Å². The molecular weight excluding hydrogens is 274 g/mol. The van der Waals surface area contributed by atoms with Crippen molar-refractivity contribution in [3.63, 3.8) is 0 Å². The number of anilines is 1. The van der Waals surface area contributed by atoms with Crippen LogP contribution in [0, 0.1) is 0 Å². The zero-order valence-electron chi connectivity index (χ0n) is 12.6. The minimum Gasteiger partial charge on any atom is -0.495 e. The third-order valence-electron chi connectivity index (χ3n) is 3.66. The van der Waals surface area contributed by atoms with E-state index < -0.39 is 9.84 Å². The molecule has 1 aliphatic heterocycles. The van der Waals surface area contributed by atoms with Crippen LogP contribution >= 0.6 is 0 Å². The molecule has 2 rings (SSSR count). The Morgan fingerprint density at radius 1 is 1.30 bits per heavy atom. The van der Waals surface area contributed by atoms with Gasteiger partial charge >= 0.3 is 0 Å². The zero-order valence-corrected chi connectivity index (χ0v) is 13.4. The molecule has 4 nitrogen and oxygen atoms in total. The van der Waals surface area contributed by atoms with Gasteiger partial charge in [-0.2, -0.15) is 0 Å². The van der Waals surface area contributed by atoms with Crippen molar-refractivity contribution in [2.75, 3.05) is 23.9 Å². The molecule has 0 spiro atoms. The number of methoxy groups -OCH3 is 1. The highest BCUT2D eigenvalue weighted by molar-refractivity contribution is 7.91. The SMILES string of the molecule is COc1ccc(C(C)(C)C)cc1NC1CCS(=O)(=O)C1. The Kier molecular flexibility index (Phi) is 4.00. The predicted molar refractivity (Wildman–Crippen MR) is 82.4 cm³/mol. The number of rotatable bonds is 3. The first kappa shape index (κ1) is 15.2. The molecule has 0 bridgehead atoms. The first-order chi connectivity index (χ1) is 9.21. The number of ether oxygens (including phenoxy) is 1. The van der Waals surface area contributed by atoms with E-state index in [1.807, 2.05) is 6.07 Å². The molecule has 1 N–H and O–H groups in total. The Morgan fingerprint density at radius 3 is 2.50 bits per heavy atom. The first-order valence-electron chi connectivity index (χ1n) is 6.87. The van der Waals surface area contributed by atoms with Crippen LogP contribution < -0.4 is 10.1 Å². The lowest BCUT2D eigenvalue weighted by atomic mass is 9.86. The summed E-state index contributed by atoms with van der Waals surface area (Å²) in [5, 5.41) is 3.32. The summed E-state index contributed by atoms with van der Waals surface area (Å²) in [6, 6.07) is 6.02. The smallest absolute Gasteiger partial charge is 0.152 e. The quantitative estimate of drug-likeness (QED) is 0.931. The van der Waals surface area contributed by atoms with Crippen LogP contribution in [0.2, 0.25) is 0 Å². The van der Waals surface area contributed by atoms with Crippen molar-refractivity contribution >= 4 is 15.5 Å². The van der Waals surface area contributed by atoms with Crippen molar-refractivity contribution in [1.82, 2.24) is 0 Å². The van der Waals surface area contributed by atoms with Crippen molar-refractivity contribution in [1.29, 1.82) is 0 Å². The van der Waals surface area contributed by atoms with Crippen molar-refractivity contribution in [2.45, 2.75) is 38.6 Å². The fourth-order valence-corrected chi connectivity index (χ4v) is 4.09. The first-order valence-corrected chi connectivity index (χ1v) is 8.69. The van der Waals surface area contributed by atoms with Gasteiger partial charge in [-0.3, -0.25) is 0 Å². The fourth-order valence-electron chi connectivity index (χ4n) is 2.42. The maximum Gasteiger partial charge on any atom is 0.152 e. The van der Waals surface area contributed by atoms with Gasteiger partial charge in [-0.15, -0.1) is 0 Å². The van der Waals surface area contributed by atoms with Gasteiger partial charge in [-0.25, -0.2) is 8.42 Å². The third kappa shape index (κ3) is 3.45. The van der Waals surface area contributed by atoms with E-state index in [4.69, 9.17) is 4.74 Å². The largest absolute Gasteiger partial charge is 0.495 e. The molecule has 1 aromatic carbocycles. The summed E-state index contributed by atoms with van der Waals surface area (Å²) >= 11 is 0. The van der Waals surface area contributed by atoms with E-state index in [1.54, 1.807) is 7.11 Å². The number of hydrogen-bond donors (Lipinski definition) is 1. The van der Waals surface area contributed by atoms with Gasteiger partial charge in [-0.05, 0) is 29.5 Å². The minimum atomic E-state index is -2.88. The van der Waals surface area contributed by atoms with E-state index in [9.17, 15) is 8.42 Å². The summed E-state index contributed by atoms with van der Waals surface area (Å²) < 4.78 is 28.4. The molecule has 1 aromatic rings. The molecule has 0 saturated carbocycles. The lowest BCUT2D eigenvalue weighted by Gasteiger charge is -2.22. The predicted octanol–water partition coefficient (Wildman–Crippen LogP) is 2.59. The van der Waals surface area contributed by atoms with Crippen molar-refractivity contribution in [2.24, 2.45) is 0 Å². The second kappa shape index (κ2) is 5.28. The van der Waals surface area contributed by atoms with E-state index in [0.717, 1.165) is 11.4 Å². The van der Waals surface area contributed by atoms with E-state index in [2.05, 4.69) is 38.2 Å². The van der Waals surface area contributed by atoms with Gasteiger partial charge in [-0.1, -0.05) is 26.8 Å². The highest BCUT2D eigenvalue weighted by Crippen LogP contribution is 2.32. The van der Waals surface area contributed by atoms with Crippen molar-refractivity contribution < 1.29 is 13.2 Å². The summed E-state index contributed by atoms with van der Waals surface area (Å²) in [6.45, 7) is 6.45. The molecule has 1 fully saturated rings. The molecule has 1 heterocycles. The van der Waals surface area contributed by atoms with Gasteiger partial charge in [0.2, 0.25) is 0 Å². The molecule has 0 amide bonds. The van der Waals surface area contributed by atoms with Gasteiger partial charge in [0.25, 0.3) is 0 Å². The lowest BCUT2D eigenvalue weighted by Crippen LogP contribution is -2.21. The van der Waals surface area contributed by atoms with Crippen LogP contribution in [0.5, 0.6) is 5.75 Å². The standard InChI is InChI=1S/C15H23NO3S/c1-15(2,3)11-5-6-14(19-4)13(9-11)16-12-7-8-20(17,18)10-12/h5-6,9,12,16H,7-8,10H2,1-4H3. The number of benzene rings is 1. The van der Waals surface area contributed by atoms with Crippen molar-refractivity contribution in [3.8, 4) is 5.75 Å². The Hall–Kier alpha value is -1.23. The van der Waals surface area contributed by atoms with Crippen LogP contribution in [0.15, 0.2) is 18.2 Å². The summed E-state index contributed by atoms with van der Waals surface area (Å²) in [4.78, 5) is 0. The van der Waals surface area contributed by atoms with Crippen molar-refractivity contribution in [3.05, 3.63) is 23.8 Å². The number of nitrogens with one attached hydrogen (secondary N) is 1. The van der Waals surface area contributed by atoms with Crippen LogP contribution in [0.3, 0.4) is 0 Å². The molecule has 20 heavy (non-hydrogen) atoms. The third-order valence-corrected chi connectivity index (χ3v) is 5.43. The Labute approximate surface area is 121 Å². The van der Waals surface area contributed by atoms with Crippen LogP contribution in [0.1, 0.15) is 32.8 Å². The molecular formula is C15H23NO3S. The van der Waals surface area contributed by atoms with Crippen LogP contribution in [-0.2, 0) is 15.3 Å². The average Bonchev–Trinajstić information content (AvgIpc) is 2.67. The maximum absolute atomic E-state index is 11.5. The molecule has 1 aliphatic rings. The van der Waals surface area contributed by atoms with E-state index >= 15 is 0 Å². The van der Waals surface area contributed by atoms with Gasteiger partial charge in [0.15, 0.2) is 9.84 Å². The normalized spacial score (nSPS) is 21.7. The average molecular weight is 297 g/mol. The van der Waals surface area contributed by atoms with Crippen LogP contribution in [0.4, 0.5) is 5.69 Å². The lowest BCUT2D eigenvalue weighted by molar-refractivity contribution is 0.415. The Bertz CT molecular complexity index is 588. The fraction of sp³-hybridized carbons (Fsp3) is 0.600. The number of sulfone groups is 1. The monoisotopic (exact) mass is 297 g/mol. The summed E-state index contributed by atoms with van der Waals surface area (Å²) in [7, 11) is -1.25. The van der Waals surface area contributed by atoms with Gasteiger partial charge in [0, 0.05) is 6.04 Å². The van der Waals surface area contributed by atoms with Gasteiger partial charge in [0.1, 0.15) is 5.75 Å². The van der Waals surface area contributed by atoms with E-state index in [1.165, 1.54) is 5.56 Å². The summed E-state index contributed by atoms with van der Waals surface area (Å²) in [5.74, 6) is 1.23. The summed E-state index contributed by atoms with van der Waals surface area (Å²) in [6.07, 6.45) is 0.658.